The fourth-order valence-corrected chi connectivity index (χ4v) is 2.46. The molecule has 0 aliphatic carbocycles. The maximum absolute atomic E-state index is 12.0. The predicted octanol–water partition coefficient (Wildman–Crippen LogP) is 4.03. The summed E-state index contributed by atoms with van der Waals surface area (Å²) in [6.45, 7) is 10.6. The fourth-order valence-electron chi connectivity index (χ4n) is 2.46. The molecule has 5 heteroatoms. The second kappa shape index (κ2) is 8.71. The van der Waals surface area contributed by atoms with Crippen LogP contribution in [0.4, 0.5) is 5.69 Å². The summed E-state index contributed by atoms with van der Waals surface area (Å²) in [5.41, 5.74) is 2.69. The van der Waals surface area contributed by atoms with Crippen molar-refractivity contribution in [3.63, 3.8) is 0 Å². The molecule has 0 radical (unpaired) electrons. The monoisotopic (exact) mass is 368 g/mol. The van der Waals surface area contributed by atoms with Gasteiger partial charge in [0.25, 0.3) is 0 Å². The van der Waals surface area contributed by atoms with Crippen LogP contribution in [0.1, 0.15) is 45.7 Å². The Hall–Kier alpha value is -2.82. The Morgan fingerprint density at radius 3 is 2.04 bits per heavy atom. The van der Waals surface area contributed by atoms with E-state index in [2.05, 4.69) is 31.4 Å². The maximum atomic E-state index is 12.0. The largest absolute Gasteiger partial charge is 0.491 e. The number of carbonyl (C=O) groups excluding carboxylic acids is 2. The number of ether oxygens (including phenoxy) is 1. The lowest BCUT2D eigenvalue weighted by Gasteiger charge is -2.19. The second-order valence-electron chi connectivity index (χ2n) is 7.77. The van der Waals surface area contributed by atoms with Gasteiger partial charge in [0.05, 0.1) is 6.10 Å². The molecule has 0 saturated carbocycles. The summed E-state index contributed by atoms with van der Waals surface area (Å²) >= 11 is 0. The molecular formula is C22H28N2O3. The quantitative estimate of drug-likeness (QED) is 0.783. The number of hydrogen-bond acceptors (Lipinski definition) is 3. The van der Waals surface area contributed by atoms with Crippen molar-refractivity contribution in [3.8, 4) is 5.75 Å². The standard InChI is InChI=1S/C22H28N2O3/c1-15(2)27-19-12-6-16(7-13-19)14-23-20(25)21(26)24-18-10-8-17(9-11-18)22(3,4)5/h6-13,15H,14H2,1-5H3,(H,23,25)(H,24,26). The SMILES string of the molecule is CC(C)Oc1ccc(CNC(=O)C(=O)Nc2ccc(C(C)(C)C)cc2)cc1. The molecule has 0 unspecified atom stereocenters. The second-order valence-corrected chi connectivity index (χ2v) is 7.77. The van der Waals surface area contributed by atoms with Crippen LogP contribution in [-0.4, -0.2) is 17.9 Å². The minimum atomic E-state index is -0.682. The Balaban J connectivity index is 1.86. The number of carbonyl (C=O) groups is 2. The number of benzene rings is 2. The Morgan fingerprint density at radius 1 is 0.926 bits per heavy atom. The first-order valence-corrected chi connectivity index (χ1v) is 9.10. The molecule has 0 aromatic heterocycles. The van der Waals surface area contributed by atoms with Crippen molar-refractivity contribution in [2.45, 2.75) is 52.7 Å². The van der Waals surface area contributed by atoms with Crippen molar-refractivity contribution < 1.29 is 14.3 Å². The lowest BCUT2D eigenvalue weighted by Crippen LogP contribution is -2.34. The Labute approximate surface area is 161 Å². The molecule has 2 rings (SSSR count). The first-order chi connectivity index (χ1) is 12.6. The number of amides is 2. The zero-order chi connectivity index (χ0) is 20.0. The van der Waals surface area contributed by atoms with E-state index in [-0.39, 0.29) is 18.1 Å². The third-order valence-corrected chi connectivity index (χ3v) is 3.96. The van der Waals surface area contributed by atoms with E-state index in [1.807, 2.05) is 50.2 Å². The Morgan fingerprint density at radius 2 is 1.52 bits per heavy atom. The van der Waals surface area contributed by atoms with Gasteiger partial charge < -0.3 is 15.4 Å². The predicted molar refractivity (Wildman–Crippen MR) is 108 cm³/mol. The Bertz CT molecular complexity index is 773. The van der Waals surface area contributed by atoms with Gasteiger partial charge in [0, 0.05) is 12.2 Å². The van der Waals surface area contributed by atoms with Gasteiger partial charge in [-0.25, -0.2) is 0 Å². The van der Waals surface area contributed by atoms with Crippen LogP contribution >= 0.6 is 0 Å². The van der Waals surface area contributed by atoms with Gasteiger partial charge in [-0.3, -0.25) is 9.59 Å². The van der Waals surface area contributed by atoms with Gasteiger partial charge in [-0.05, 0) is 54.7 Å². The van der Waals surface area contributed by atoms with Crippen LogP contribution in [0.15, 0.2) is 48.5 Å². The molecule has 2 N–H and O–H groups in total. The van der Waals surface area contributed by atoms with E-state index in [1.54, 1.807) is 12.1 Å². The smallest absolute Gasteiger partial charge is 0.313 e. The number of nitrogens with one attached hydrogen (secondary N) is 2. The first-order valence-electron chi connectivity index (χ1n) is 9.10. The summed E-state index contributed by atoms with van der Waals surface area (Å²) in [7, 11) is 0. The minimum absolute atomic E-state index is 0.0374. The summed E-state index contributed by atoms with van der Waals surface area (Å²) in [5.74, 6) is -0.577. The highest BCUT2D eigenvalue weighted by atomic mass is 16.5. The van der Waals surface area contributed by atoms with Crippen molar-refractivity contribution in [3.05, 3.63) is 59.7 Å². The number of rotatable bonds is 5. The molecule has 0 aliphatic heterocycles. The van der Waals surface area contributed by atoms with E-state index in [1.165, 1.54) is 0 Å². The molecule has 144 valence electrons. The zero-order valence-corrected chi connectivity index (χ0v) is 16.6. The van der Waals surface area contributed by atoms with Crippen molar-refractivity contribution in [1.29, 1.82) is 0 Å². The van der Waals surface area contributed by atoms with Gasteiger partial charge in [-0.2, -0.15) is 0 Å². The van der Waals surface area contributed by atoms with Gasteiger partial charge in [-0.1, -0.05) is 45.0 Å². The lowest BCUT2D eigenvalue weighted by atomic mass is 9.87. The molecule has 0 atom stereocenters. The highest BCUT2D eigenvalue weighted by Crippen LogP contribution is 2.23. The number of hydrogen-bond donors (Lipinski definition) is 2. The van der Waals surface area contributed by atoms with Crippen LogP contribution in [0.25, 0.3) is 0 Å². The molecule has 0 heterocycles. The van der Waals surface area contributed by atoms with E-state index in [4.69, 9.17) is 4.74 Å². The van der Waals surface area contributed by atoms with Crippen molar-refractivity contribution in [2.75, 3.05) is 5.32 Å². The van der Waals surface area contributed by atoms with Crippen LogP contribution in [-0.2, 0) is 21.5 Å². The summed E-state index contributed by atoms with van der Waals surface area (Å²) in [5, 5.41) is 5.24. The molecule has 27 heavy (non-hydrogen) atoms. The van der Waals surface area contributed by atoms with Crippen molar-refractivity contribution in [1.82, 2.24) is 5.32 Å². The van der Waals surface area contributed by atoms with Gasteiger partial charge in [0.2, 0.25) is 0 Å². The van der Waals surface area contributed by atoms with Crippen LogP contribution in [0.2, 0.25) is 0 Å². The highest BCUT2D eigenvalue weighted by molar-refractivity contribution is 6.39. The van der Waals surface area contributed by atoms with Gasteiger partial charge in [-0.15, -0.1) is 0 Å². The van der Waals surface area contributed by atoms with E-state index in [0.717, 1.165) is 16.9 Å². The average molecular weight is 368 g/mol. The van der Waals surface area contributed by atoms with Crippen molar-refractivity contribution >= 4 is 17.5 Å². The van der Waals surface area contributed by atoms with Gasteiger partial charge >= 0.3 is 11.8 Å². The zero-order valence-electron chi connectivity index (χ0n) is 16.6. The molecule has 5 nitrogen and oxygen atoms in total. The first kappa shape index (κ1) is 20.5. The van der Waals surface area contributed by atoms with E-state index in [9.17, 15) is 9.59 Å². The molecule has 2 aromatic carbocycles. The maximum Gasteiger partial charge on any atom is 0.313 e. The van der Waals surface area contributed by atoms with Crippen LogP contribution < -0.4 is 15.4 Å². The molecule has 2 aromatic rings. The molecule has 0 bridgehead atoms. The van der Waals surface area contributed by atoms with Crippen LogP contribution in [0, 0.1) is 0 Å². The van der Waals surface area contributed by atoms with Gasteiger partial charge in [0.15, 0.2) is 0 Å². The van der Waals surface area contributed by atoms with Crippen molar-refractivity contribution in [2.24, 2.45) is 0 Å². The summed E-state index contributed by atoms with van der Waals surface area (Å²) in [6, 6.07) is 14.9. The Kier molecular flexibility index (Phi) is 6.61. The van der Waals surface area contributed by atoms with Crippen LogP contribution in [0.3, 0.4) is 0 Å². The molecule has 0 fully saturated rings. The lowest BCUT2D eigenvalue weighted by molar-refractivity contribution is -0.136. The number of anilines is 1. The van der Waals surface area contributed by atoms with E-state index in [0.29, 0.717) is 5.69 Å². The summed E-state index contributed by atoms with van der Waals surface area (Å²) < 4.78 is 5.58. The van der Waals surface area contributed by atoms with Gasteiger partial charge in [0.1, 0.15) is 5.75 Å². The minimum Gasteiger partial charge on any atom is -0.491 e. The molecule has 0 saturated heterocycles. The molecular weight excluding hydrogens is 340 g/mol. The molecule has 2 amide bonds. The summed E-state index contributed by atoms with van der Waals surface area (Å²) in [6.07, 6.45) is 0.108. The third-order valence-electron chi connectivity index (χ3n) is 3.96. The van der Waals surface area contributed by atoms with E-state index >= 15 is 0 Å². The highest BCUT2D eigenvalue weighted by Gasteiger charge is 2.15. The summed E-state index contributed by atoms with van der Waals surface area (Å²) in [4.78, 5) is 24.1. The molecule has 0 aliphatic rings. The van der Waals surface area contributed by atoms with E-state index < -0.39 is 11.8 Å². The van der Waals surface area contributed by atoms with Crippen LogP contribution in [0.5, 0.6) is 5.75 Å². The topological polar surface area (TPSA) is 67.4 Å². The average Bonchev–Trinajstić information content (AvgIpc) is 2.60. The fraction of sp³-hybridized carbons (Fsp3) is 0.364. The molecule has 0 spiro atoms. The third kappa shape index (κ3) is 6.44. The normalized spacial score (nSPS) is 11.2.